The molecule has 3 aromatic rings. The highest BCUT2D eigenvalue weighted by Crippen LogP contribution is 2.39. The fraction of sp³-hybridized carbons (Fsp3) is 0.192. The Bertz CT molecular complexity index is 1230. The van der Waals surface area contributed by atoms with E-state index in [9.17, 15) is 18.0 Å². The van der Waals surface area contributed by atoms with E-state index in [0.717, 1.165) is 11.6 Å². The number of rotatable bonds is 8. The predicted octanol–water partition coefficient (Wildman–Crippen LogP) is 6.55. The summed E-state index contributed by atoms with van der Waals surface area (Å²) in [6, 6.07) is 12.4. The molecule has 0 unspecified atom stereocenters. The van der Waals surface area contributed by atoms with Crippen LogP contribution in [0.15, 0.2) is 54.6 Å². The molecule has 0 atom stereocenters. The van der Waals surface area contributed by atoms with E-state index in [0.29, 0.717) is 28.6 Å². The Kier molecular flexibility index (Phi) is 8.31. The first-order chi connectivity index (χ1) is 17.2. The summed E-state index contributed by atoms with van der Waals surface area (Å²) in [5, 5.41) is 4.79. The number of nitrogens with one attached hydrogen (secondary N) is 2. The highest BCUT2D eigenvalue weighted by Gasteiger charge is 2.33. The van der Waals surface area contributed by atoms with Gasteiger partial charge in [0.25, 0.3) is 0 Å². The van der Waals surface area contributed by atoms with Gasteiger partial charge in [-0.05, 0) is 47.5 Å². The van der Waals surface area contributed by atoms with E-state index < -0.39 is 17.8 Å². The topological polar surface area (TPSA) is 78.1 Å². The normalized spacial score (nSPS) is 11.2. The molecule has 0 saturated heterocycles. The molecule has 3 rings (SSSR count). The number of carbonyl (C=O) groups excluding carboxylic acids is 1. The highest BCUT2D eigenvalue weighted by atomic mass is 19.4. The number of para-hydroxylation sites is 1. The van der Waals surface area contributed by atoms with Crippen molar-refractivity contribution in [2.24, 2.45) is 0 Å². The summed E-state index contributed by atoms with van der Waals surface area (Å²) >= 11 is 0. The van der Waals surface area contributed by atoms with Crippen LogP contribution >= 0.6 is 0 Å². The maximum atomic E-state index is 13.2. The van der Waals surface area contributed by atoms with Crippen molar-refractivity contribution in [2.45, 2.75) is 6.18 Å². The van der Waals surface area contributed by atoms with E-state index in [4.69, 9.17) is 18.9 Å². The van der Waals surface area contributed by atoms with Crippen LogP contribution in [0.1, 0.15) is 16.7 Å². The molecule has 2 N–H and O–H groups in total. The minimum Gasteiger partial charge on any atom is -0.495 e. The van der Waals surface area contributed by atoms with E-state index in [-0.39, 0.29) is 11.4 Å². The Morgan fingerprint density at radius 1 is 0.722 bits per heavy atom. The first-order valence-corrected chi connectivity index (χ1v) is 10.6. The number of urea groups is 1. The number of halogens is 3. The number of amides is 2. The van der Waals surface area contributed by atoms with Crippen molar-refractivity contribution >= 4 is 29.6 Å². The van der Waals surface area contributed by atoms with Gasteiger partial charge in [-0.1, -0.05) is 30.4 Å². The van der Waals surface area contributed by atoms with Crippen LogP contribution in [-0.2, 0) is 6.18 Å². The number of hydrogen-bond donors (Lipinski definition) is 2. The van der Waals surface area contributed by atoms with Crippen molar-refractivity contribution in [2.75, 3.05) is 39.1 Å². The van der Waals surface area contributed by atoms with Crippen LogP contribution in [0.5, 0.6) is 23.0 Å². The Balaban J connectivity index is 1.84. The summed E-state index contributed by atoms with van der Waals surface area (Å²) in [5.74, 6) is 1.78. The molecule has 0 aromatic heterocycles. The molecule has 0 heterocycles. The SMILES string of the molecule is COc1ccc(/C=C\c2cc(OC)c(OC)c(OC)c2)cc1NC(=O)Nc1ccccc1C(F)(F)F. The second kappa shape index (κ2) is 11.4. The summed E-state index contributed by atoms with van der Waals surface area (Å²) in [6.45, 7) is 0. The minimum absolute atomic E-state index is 0.270. The highest BCUT2D eigenvalue weighted by molar-refractivity contribution is 6.01. The predicted molar refractivity (Wildman–Crippen MR) is 132 cm³/mol. The van der Waals surface area contributed by atoms with Crippen molar-refractivity contribution in [3.8, 4) is 23.0 Å². The van der Waals surface area contributed by atoms with Gasteiger partial charge in [-0.2, -0.15) is 13.2 Å². The number of anilines is 2. The minimum atomic E-state index is -4.61. The molecule has 7 nitrogen and oxygen atoms in total. The fourth-order valence-electron chi connectivity index (χ4n) is 3.43. The molecule has 3 aromatic carbocycles. The van der Waals surface area contributed by atoms with Gasteiger partial charge in [0.15, 0.2) is 11.5 Å². The van der Waals surface area contributed by atoms with Crippen LogP contribution in [-0.4, -0.2) is 34.5 Å². The monoisotopic (exact) mass is 502 g/mol. The molecular weight excluding hydrogens is 477 g/mol. The largest absolute Gasteiger partial charge is 0.495 e. The molecular formula is C26H25F3N2O5. The second-order valence-electron chi connectivity index (χ2n) is 7.37. The maximum absolute atomic E-state index is 13.2. The third kappa shape index (κ3) is 6.21. The summed E-state index contributed by atoms with van der Waals surface area (Å²) < 4.78 is 61.0. The lowest BCUT2D eigenvalue weighted by atomic mass is 10.1. The average molecular weight is 502 g/mol. The molecule has 10 heteroatoms. The van der Waals surface area contributed by atoms with Gasteiger partial charge in [0.1, 0.15) is 5.75 Å². The van der Waals surface area contributed by atoms with Gasteiger partial charge in [-0.25, -0.2) is 4.79 Å². The van der Waals surface area contributed by atoms with E-state index in [1.54, 1.807) is 42.5 Å². The van der Waals surface area contributed by atoms with Crippen molar-refractivity contribution < 1.29 is 36.9 Å². The van der Waals surface area contributed by atoms with Crippen molar-refractivity contribution in [3.05, 3.63) is 71.3 Å². The van der Waals surface area contributed by atoms with Crippen molar-refractivity contribution in [3.63, 3.8) is 0 Å². The Hall–Kier alpha value is -4.34. The first kappa shape index (κ1) is 26.3. The lowest BCUT2D eigenvalue weighted by Gasteiger charge is -2.15. The smallest absolute Gasteiger partial charge is 0.418 e. The quantitative estimate of drug-likeness (QED) is 0.342. The number of alkyl halides is 3. The summed E-state index contributed by atoms with van der Waals surface area (Å²) in [5.41, 5.74) is 0.410. The zero-order valence-electron chi connectivity index (χ0n) is 20.0. The molecule has 0 fully saturated rings. The number of methoxy groups -OCH3 is 4. The molecule has 0 aliphatic heterocycles. The third-order valence-corrected chi connectivity index (χ3v) is 5.11. The molecule has 0 aliphatic rings. The van der Waals surface area contributed by atoms with Crippen molar-refractivity contribution in [1.82, 2.24) is 0 Å². The molecule has 0 radical (unpaired) electrons. The fourth-order valence-corrected chi connectivity index (χ4v) is 3.43. The van der Waals surface area contributed by atoms with Gasteiger partial charge in [0.05, 0.1) is 45.4 Å². The van der Waals surface area contributed by atoms with Gasteiger partial charge in [-0.15, -0.1) is 0 Å². The molecule has 0 bridgehead atoms. The molecule has 36 heavy (non-hydrogen) atoms. The maximum Gasteiger partial charge on any atom is 0.418 e. The summed E-state index contributed by atoms with van der Waals surface area (Å²) in [7, 11) is 5.97. The van der Waals surface area contributed by atoms with Crippen LogP contribution in [0, 0.1) is 0 Å². The number of carbonyl (C=O) groups is 1. The van der Waals surface area contributed by atoms with E-state index >= 15 is 0 Å². The van der Waals surface area contributed by atoms with Crippen LogP contribution in [0.25, 0.3) is 12.2 Å². The average Bonchev–Trinajstić information content (AvgIpc) is 2.86. The summed E-state index contributed by atoms with van der Waals surface area (Å²) in [6.07, 6.45) is -1.03. The molecule has 0 saturated carbocycles. The van der Waals surface area contributed by atoms with Crippen LogP contribution in [0.2, 0.25) is 0 Å². The van der Waals surface area contributed by atoms with Crippen LogP contribution in [0.3, 0.4) is 0 Å². The molecule has 2 amide bonds. The van der Waals surface area contributed by atoms with Gasteiger partial charge in [-0.3, -0.25) is 0 Å². The van der Waals surface area contributed by atoms with E-state index in [1.807, 2.05) is 0 Å². The standard InChI is InChI=1S/C26H25F3N2O5/c1-33-21-12-11-16(9-10-17-14-22(34-2)24(36-4)23(15-17)35-3)13-20(21)31-25(32)30-19-8-6-5-7-18(19)26(27,28)29/h5-15H,1-4H3,(H2,30,31,32)/b10-9-. The van der Waals surface area contributed by atoms with Gasteiger partial charge < -0.3 is 29.6 Å². The Morgan fingerprint density at radius 3 is 1.89 bits per heavy atom. The van der Waals surface area contributed by atoms with Crippen LogP contribution in [0.4, 0.5) is 29.3 Å². The van der Waals surface area contributed by atoms with E-state index in [1.165, 1.54) is 46.6 Å². The van der Waals surface area contributed by atoms with Crippen molar-refractivity contribution in [1.29, 1.82) is 0 Å². The second-order valence-corrected chi connectivity index (χ2v) is 7.37. The summed E-state index contributed by atoms with van der Waals surface area (Å²) in [4.78, 5) is 12.5. The first-order valence-electron chi connectivity index (χ1n) is 10.6. The molecule has 190 valence electrons. The third-order valence-electron chi connectivity index (χ3n) is 5.11. The Morgan fingerprint density at radius 2 is 1.31 bits per heavy atom. The molecule has 0 aliphatic carbocycles. The zero-order chi connectivity index (χ0) is 26.3. The number of hydrogen-bond acceptors (Lipinski definition) is 5. The lowest BCUT2D eigenvalue weighted by molar-refractivity contribution is -0.136. The number of benzene rings is 3. The van der Waals surface area contributed by atoms with Gasteiger partial charge in [0.2, 0.25) is 5.75 Å². The number of ether oxygens (including phenoxy) is 4. The van der Waals surface area contributed by atoms with Gasteiger partial charge in [0, 0.05) is 0 Å². The molecule has 0 spiro atoms. The van der Waals surface area contributed by atoms with Gasteiger partial charge >= 0.3 is 12.2 Å². The Labute approximate surface area is 206 Å². The zero-order valence-corrected chi connectivity index (χ0v) is 20.0. The lowest BCUT2D eigenvalue weighted by Crippen LogP contribution is -2.22. The van der Waals surface area contributed by atoms with Crippen LogP contribution < -0.4 is 29.6 Å². The van der Waals surface area contributed by atoms with E-state index in [2.05, 4.69) is 10.6 Å².